The van der Waals surface area contributed by atoms with Crippen LogP contribution in [-0.4, -0.2) is 31.8 Å². The number of halogens is 1. The predicted octanol–water partition coefficient (Wildman–Crippen LogP) is 3.22. The average molecular weight is 362 g/mol. The maximum Gasteiger partial charge on any atom is 0.214 e. The van der Waals surface area contributed by atoms with Crippen molar-refractivity contribution in [2.45, 2.75) is 39.3 Å². The highest BCUT2D eigenvalue weighted by Gasteiger charge is 2.30. The van der Waals surface area contributed by atoms with Crippen LogP contribution in [0.5, 0.6) is 5.75 Å². The van der Waals surface area contributed by atoms with Gasteiger partial charge in [0.25, 0.3) is 0 Å². The number of hydrogen-bond donors (Lipinski definition) is 0. The number of nitrogens with zero attached hydrogens (tertiary/aromatic N) is 1. The predicted molar refractivity (Wildman–Crippen MR) is 83.4 cm³/mol. The van der Waals surface area contributed by atoms with Crippen LogP contribution >= 0.6 is 15.9 Å². The van der Waals surface area contributed by atoms with Gasteiger partial charge in [0.15, 0.2) is 6.23 Å². The van der Waals surface area contributed by atoms with Gasteiger partial charge in [-0.1, -0.05) is 15.9 Å². The fourth-order valence-corrected chi connectivity index (χ4v) is 3.77. The average Bonchev–Trinajstić information content (AvgIpc) is 2.35. The summed E-state index contributed by atoms with van der Waals surface area (Å²) in [5.74, 6) is 0.726. The van der Waals surface area contributed by atoms with Crippen molar-refractivity contribution in [2.24, 2.45) is 0 Å². The fourth-order valence-electron chi connectivity index (χ4n) is 2.50. The van der Waals surface area contributed by atoms with E-state index < -0.39 is 16.3 Å². The summed E-state index contributed by atoms with van der Waals surface area (Å²) in [6, 6.07) is 3.87. The zero-order valence-corrected chi connectivity index (χ0v) is 14.4. The molecule has 1 aromatic rings. The standard InChI is InChI=1S/C14H20BrNO3S/c1-10-8-12(9-11(2)14(10)15)19-13-6-4-5-7-16(13)20(3,17)18/h8-9,13H,4-7H2,1-3H3/t13-/m1/s1. The summed E-state index contributed by atoms with van der Waals surface area (Å²) in [4.78, 5) is 0. The third kappa shape index (κ3) is 3.54. The van der Waals surface area contributed by atoms with E-state index in [2.05, 4.69) is 15.9 Å². The SMILES string of the molecule is Cc1cc(O[C@@H]2CCCCN2S(C)(=O)=O)cc(C)c1Br. The summed E-state index contributed by atoms with van der Waals surface area (Å²) in [5.41, 5.74) is 2.17. The minimum atomic E-state index is -3.22. The number of rotatable bonds is 3. The Kier molecular flexibility index (Phi) is 4.76. The maximum absolute atomic E-state index is 11.8. The van der Waals surface area contributed by atoms with Crippen LogP contribution in [0.2, 0.25) is 0 Å². The lowest BCUT2D eigenvalue weighted by molar-refractivity contribution is 0.0561. The van der Waals surface area contributed by atoms with Crippen molar-refractivity contribution < 1.29 is 13.2 Å². The summed E-state index contributed by atoms with van der Waals surface area (Å²) in [6.45, 7) is 4.54. The molecule has 0 unspecified atom stereocenters. The molecular weight excluding hydrogens is 342 g/mol. The summed E-state index contributed by atoms with van der Waals surface area (Å²) in [7, 11) is -3.22. The summed E-state index contributed by atoms with van der Waals surface area (Å²) in [6.07, 6.45) is 3.48. The molecule has 1 aliphatic heterocycles. The van der Waals surface area contributed by atoms with Gasteiger partial charge in [-0.25, -0.2) is 8.42 Å². The summed E-state index contributed by atoms with van der Waals surface area (Å²) >= 11 is 3.52. The number of piperidine rings is 1. The van der Waals surface area contributed by atoms with E-state index in [9.17, 15) is 8.42 Å². The molecule has 0 spiro atoms. The smallest absolute Gasteiger partial charge is 0.214 e. The Morgan fingerprint density at radius 2 is 1.85 bits per heavy atom. The zero-order valence-electron chi connectivity index (χ0n) is 12.0. The Morgan fingerprint density at radius 1 is 1.25 bits per heavy atom. The number of hydrogen-bond acceptors (Lipinski definition) is 3. The van der Waals surface area contributed by atoms with E-state index in [4.69, 9.17) is 4.74 Å². The zero-order chi connectivity index (χ0) is 14.9. The highest BCUT2D eigenvalue weighted by Crippen LogP contribution is 2.29. The maximum atomic E-state index is 11.8. The molecule has 6 heteroatoms. The van der Waals surface area contributed by atoms with Gasteiger partial charge >= 0.3 is 0 Å². The first-order chi connectivity index (χ1) is 9.29. The van der Waals surface area contributed by atoms with Crippen molar-refractivity contribution in [3.63, 3.8) is 0 Å². The van der Waals surface area contributed by atoms with Crippen LogP contribution in [0.25, 0.3) is 0 Å². The van der Waals surface area contributed by atoms with E-state index >= 15 is 0 Å². The van der Waals surface area contributed by atoms with Crippen LogP contribution in [0.3, 0.4) is 0 Å². The molecule has 0 aromatic heterocycles. The first-order valence-corrected chi connectivity index (χ1v) is 9.33. The minimum absolute atomic E-state index is 0.390. The highest BCUT2D eigenvalue weighted by atomic mass is 79.9. The number of sulfonamides is 1. The molecule has 0 N–H and O–H groups in total. The number of ether oxygens (including phenoxy) is 1. The van der Waals surface area contributed by atoms with Gasteiger partial charge in [0.2, 0.25) is 10.0 Å². The van der Waals surface area contributed by atoms with E-state index in [0.717, 1.165) is 40.6 Å². The second-order valence-corrected chi connectivity index (χ2v) is 8.04. The largest absolute Gasteiger partial charge is 0.474 e. The lowest BCUT2D eigenvalue weighted by Gasteiger charge is -2.33. The van der Waals surface area contributed by atoms with E-state index in [1.54, 1.807) is 0 Å². The van der Waals surface area contributed by atoms with Crippen LogP contribution in [-0.2, 0) is 10.0 Å². The van der Waals surface area contributed by atoms with Crippen LogP contribution in [0.15, 0.2) is 16.6 Å². The fraction of sp³-hybridized carbons (Fsp3) is 0.571. The molecule has 0 amide bonds. The van der Waals surface area contributed by atoms with Crippen molar-refractivity contribution in [3.05, 3.63) is 27.7 Å². The van der Waals surface area contributed by atoms with E-state index in [1.165, 1.54) is 10.6 Å². The third-order valence-corrected chi connectivity index (χ3v) is 6.03. The summed E-state index contributed by atoms with van der Waals surface area (Å²) in [5, 5.41) is 0. The molecule has 0 radical (unpaired) electrons. The highest BCUT2D eigenvalue weighted by molar-refractivity contribution is 9.10. The molecule has 2 rings (SSSR count). The Hall–Kier alpha value is -0.590. The molecule has 0 saturated carbocycles. The van der Waals surface area contributed by atoms with Gasteiger partial charge in [0, 0.05) is 11.0 Å². The van der Waals surface area contributed by atoms with Gasteiger partial charge < -0.3 is 4.74 Å². The monoisotopic (exact) mass is 361 g/mol. The molecule has 112 valence electrons. The molecule has 1 aliphatic rings. The topological polar surface area (TPSA) is 46.6 Å². The molecular formula is C14H20BrNO3S. The van der Waals surface area contributed by atoms with E-state index in [1.807, 2.05) is 26.0 Å². The number of benzene rings is 1. The van der Waals surface area contributed by atoms with Crippen molar-refractivity contribution in [2.75, 3.05) is 12.8 Å². The van der Waals surface area contributed by atoms with Crippen LogP contribution in [0.1, 0.15) is 30.4 Å². The molecule has 1 atom stereocenters. The lowest BCUT2D eigenvalue weighted by atomic mass is 10.1. The first-order valence-electron chi connectivity index (χ1n) is 6.69. The van der Waals surface area contributed by atoms with E-state index in [-0.39, 0.29) is 0 Å². The molecule has 0 bridgehead atoms. The molecule has 4 nitrogen and oxygen atoms in total. The van der Waals surface area contributed by atoms with Gasteiger partial charge in [-0.15, -0.1) is 0 Å². The second-order valence-electron chi connectivity index (χ2n) is 5.31. The van der Waals surface area contributed by atoms with Crippen LogP contribution in [0, 0.1) is 13.8 Å². The van der Waals surface area contributed by atoms with Gasteiger partial charge in [0.05, 0.1) is 6.26 Å². The molecule has 1 saturated heterocycles. The Labute approximate surface area is 129 Å². The van der Waals surface area contributed by atoms with Gasteiger partial charge in [0.1, 0.15) is 5.75 Å². The van der Waals surface area contributed by atoms with Crippen LogP contribution < -0.4 is 4.74 Å². The molecule has 0 aliphatic carbocycles. The molecule has 1 fully saturated rings. The normalized spacial score (nSPS) is 20.9. The molecule has 1 aromatic carbocycles. The van der Waals surface area contributed by atoms with Crippen molar-refractivity contribution in [3.8, 4) is 5.75 Å². The van der Waals surface area contributed by atoms with Crippen LogP contribution in [0.4, 0.5) is 0 Å². The second kappa shape index (κ2) is 6.03. The Morgan fingerprint density at radius 3 is 2.40 bits per heavy atom. The molecule has 20 heavy (non-hydrogen) atoms. The quantitative estimate of drug-likeness (QED) is 0.830. The van der Waals surface area contributed by atoms with Crippen molar-refractivity contribution in [1.29, 1.82) is 0 Å². The first kappa shape index (κ1) is 15.8. The van der Waals surface area contributed by atoms with Crippen molar-refractivity contribution >= 4 is 26.0 Å². The van der Waals surface area contributed by atoms with E-state index in [0.29, 0.717) is 6.54 Å². The van der Waals surface area contributed by atoms with Gasteiger partial charge in [-0.05, 0) is 56.4 Å². The number of aryl methyl sites for hydroxylation is 2. The van der Waals surface area contributed by atoms with Gasteiger partial charge in [-0.2, -0.15) is 4.31 Å². The minimum Gasteiger partial charge on any atom is -0.474 e. The Balaban J connectivity index is 2.23. The Bertz CT molecular complexity index is 577. The summed E-state index contributed by atoms with van der Waals surface area (Å²) < 4.78 is 32.1. The third-order valence-electron chi connectivity index (χ3n) is 3.51. The molecule has 1 heterocycles. The van der Waals surface area contributed by atoms with Gasteiger partial charge in [-0.3, -0.25) is 0 Å². The lowest BCUT2D eigenvalue weighted by Crippen LogP contribution is -2.46. The van der Waals surface area contributed by atoms with Crippen molar-refractivity contribution in [1.82, 2.24) is 4.31 Å².